The van der Waals surface area contributed by atoms with Crippen molar-refractivity contribution in [1.29, 1.82) is 0 Å². The largest absolute Gasteiger partial charge is 0.481 e. The lowest BCUT2D eigenvalue weighted by Crippen LogP contribution is -2.46. The van der Waals surface area contributed by atoms with Crippen molar-refractivity contribution < 1.29 is 99.3 Å². The van der Waals surface area contributed by atoms with Gasteiger partial charge in [-0.2, -0.15) is 4.31 Å². The van der Waals surface area contributed by atoms with E-state index in [1.165, 1.54) is 19.9 Å². The maximum Gasteiger partial charge on any atom is 0.481 e. The van der Waals surface area contributed by atoms with Crippen LogP contribution in [0.3, 0.4) is 0 Å². The number of aliphatic hydroxyl groups excluding tert-OH is 2. The van der Waals surface area contributed by atoms with Gasteiger partial charge in [0.05, 0.1) is 30.9 Å². The van der Waals surface area contributed by atoms with Crippen molar-refractivity contribution >= 4 is 105 Å². The number of thioether (sulfide) groups is 1. The van der Waals surface area contributed by atoms with Crippen LogP contribution in [0.25, 0.3) is 44.6 Å². The predicted molar refractivity (Wildman–Crippen MR) is 315 cm³/mol. The molecule has 5 heterocycles. The minimum absolute atomic E-state index is 0.00965. The molecule has 11 N–H and O–H groups in total. The highest BCUT2D eigenvalue weighted by molar-refractivity contribution is 8.00. The minimum atomic E-state index is -5.64. The van der Waals surface area contributed by atoms with Gasteiger partial charge in [-0.15, -0.1) is 11.8 Å². The Bertz CT molecular complexity index is 3860. The molecule has 2 fully saturated rings. The first-order valence-corrected chi connectivity index (χ1v) is 32.4. The molecule has 2 aromatic carbocycles. The summed E-state index contributed by atoms with van der Waals surface area (Å²) in [5, 5.41) is 30.4. The van der Waals surface area contributed by atoms with E-state index < -0.39 is 108 Å². The van der Waals surface area contributed by atoms with E-state index in [4.69, 9.17) is 23.9 Å². The Hall–Kier alpha value is -6.90. The highest BCUT2D eigenvalue weighted by Crippen LogP contribution is 2.61. The van der Waals surface area contributed by atoms with Crippen LogP contribution >= 0.6 is 35.2 Å². The minimum Gasteiger partial charge on any atom is -0.456 e. The van der Waals surface area contributed by atoms with Crippen LogP contribution in [0.4, 0.5) is 11.5 Å². The quantitative estimate of drug-likeness (QED) is 0.00862. The van der Waals surface area contributed by atoms with Crippen molar-refractivity contribution in [2.75, 3.05) is 84.0 Å². The number of fused-ring (bicyclic) bond motifs is 3. The molecule has 5 amide bonds. The molecule has 88 heavy (non-hydrogen) atoms. The number of hydrogen-bond acceptors (Lipinski definition) is 23. The predicted octanol–water partition coefficient (Wildman–Crippen LogP) is 1.12. The first kappa shape index (κ1) is 67.0. The van der Waals surface area contributed by atoms with Crippen LogP contribution < -0.4 is 36.5 Å². The topological polar surface area (TPSA) is 449 Å². The summed E-state index contributed by atoms with van der Waals surface area (Å²) in [7, 11) is -8.95. The Balaban J connectivity index is 0.749. The Morgan fingerprint density at radius 2 is 1.68 bits per heavy atom. The third kappa shape index (κ3) is 15.9. The number of imidazole rings is 1. The van der Waals surface area contributed by atoms with Gasteiger partial charge in [-0.05, 0) is 35.9 Å². The first-order chi connectivity index (χ1) is 41.4. The molecule has 4 aromatic rings. The molecule has 4 aliphatic rings. The number of nitrogens with one attached hydrogen (secondary N) is 3. The number of nitrogens with two attached hydrogens (primary N) is 1. The highest BCUT2D eigenvalue weighted by atomic mass is 32.2. The number of ether oxygens (including phenoxy) is 1. The Morgan fingerprint density at radius 1 is 0.943 bits per heavy atom. The van der Waals surface area contributed by atoms with E-state index in [-0.39, 0.29) is 67.3 Å². The molecule has 1 aliphatic carbocycles. The number of amides is 5. The zero-order valence-corrected chi connectivity index (χ0v) is 51.5. The molecule has 0 spiro atoms. The summed E-state index contributed by atoms with van der Waals surface area (Å²) in [6.45, 7) is -0.0710. The molecule has 474 valence electrons. The van der Waals surface area contributed by atoms with Gasteiger partial charge >= 0.3 is 23.5 Å². The van der Waals surface area contributed by atoms with Gasteiger partial charge in [0.15, 0.2) is 24.0 Å². The maximum absolute atomic E-state index is 13.7. The van der Waals surface area contributed by atoms with Crippen LogP contribution in [0, 0.1) is 5.41 Å². The second-order valence-corrected chi connectivity index (χ2v) is 26.9. The van der Waals surface area contributed by atoms with Crippen LogP contribution in [-0.4, -0.2) is 193 Å². The summed E-state index contributed by atoms with van der Waals surface area (Å²) < 4.78 is 71.2. The van der Waals surface area contributed by atoms with E-state index in [9.17, 15) is 72.2 Å². The summed E-state index contributed by atoms with van der Waals surface area (Å²) in [5.74, 6) is -2.27. The van der Waals surface area contributed by atoms with E-state index in [1.807, 2.05) is 74.1 Å². The number of aromatic nitrogens is 4. The third-order valence-electron chi connectivity index (χ3n) is 14.1. The lowest BCUT2D eigenvalue weighted by atomic mass is 9.87. The molecule has 2 aromatic heterocycles. The molecule has 36 heteroatoms. The molecule has 0 bridgehead atoms. The van der Waals surface area contributed by atoms with Gasteiger partial charge in [0, 0.05) is 110 Å². The van der Waals surface area contributed by atoms with Crippen LogP contribution in [0.2, 0.25) is 0 Å². The lowest BCUT2D eigenvalue weighted by Gasteiger charge is -2.30. The van der Waals surface area contributed by atoms with Crippen molar-refractivity contribution in [3.63, 3.8) is 0 Å². The average Bonchev–Trinajstić information content (AvgIpc) is 2.39. The van der Waals surface area contributed by atoms with E-state index in [0.717, 1.165) is 62.2 Å². The normalized spacial score (nSPS) is 19.8. The number of nitrogens with zero attached hydrogens (tertiary/aromatic N) is 7. The molecule has 3 aliphatic heterocycles. The van der Waals surface area contributed by atoms with Crippen LogP contribution in [0.15, 0.2) is 71.7 Å². The number of aliphatic hydroxyl groups is 2. The number of phosphoric acid groups is 3. The molecule has 8 unspecified atom stereocenters. The fraction of sp³-hybridized carbons (Fsp3) is 0.423. The number of carbonyl (C=O) groups is 6. The van der Waals surface area contributed by atoms with Crippen molar-refractivity contribution in [2.24, 2.45) is 5.41 Å². The maximum atomic E-state index is 13.7. The van der Waals surface area contributed by atoms with Gasteiger partial charge in [0.1, 0.15) is 61.7 Å². The molecule has 8 atom stereocenters. The van der Waals surface area contributed by atoms with E-state index >= 15 is 0 Å². The summed E-state index contributed by atoms with van der Waals surface area (Å²) >= 11 is 1.14. The lowest BCUT2D eigenvalue weighted by molar-refractivity contribution is -0.138. The Kier molecular flexibility index (Phi) is 20.9. The van der Waals surface area contributed by atoms with Gasteiger partial charge < -0.3 is 65.5 Å². The van der Waals surface area contributed by atoms with Crippen LogP contribution in [-0.2, 0) is 55.5 Å². The molecule has 32 nitrogen and oxygen atoms in total. The number of rotatable bonds is 27. The number of nitrogen functional groups attached to an aromatic ring is 1. The summed E-state index contributed by atoms with van der Waals surface area (Å²) in [5.41, 5.74) is 8.11. The van der Waals surface area contributed by atoms with Crippen molar-refractivity contribution in [1.82, 2.24) is 44.9 Å². The molecular formula is C52H65N11O21P3S+. The second kappa shape index (κ2) is 27.5. The zero-order chi connectivity index (χ0) is 64.2. The SMILES string of the molecule is CN(C)c1ccc2c(-c3cc(C(=O)NCCN4C(=O)CC(SCCNC(=O)CCNC(=O)C(O)C(C)(C)COP(=O)(O)OP(=O)(O)OCC5OC(n6cnc7c(N)ncnc76)C(O)C5OP(=O)(O)O)C4=O)ccc3C=O)c3ccc(=[N+](C)C)cc-3oc2c1. The number of phosphoric ester groups is 3. The van der Waals surface area contributed by atoms with E-state index in [2.05, 4.69) is 39.7 Å². The van der Waals surface area contributed by atoms with Gasteiger partial charge in [-0.1, -0.05) is 19.9 Å². The highest BCUT2D eigenvalue weighted by Gasteiger charge is 2.50. The fourth-order valence-electron chi connectivity index (χ4n) is 9.46. The fourth-order valence-corrected chi connectivity index (χ4v) is 13.3. The Morgan fingerprint density at radius 3 is 2.39 bits per heavy atom. The number of carbonyl (C=O) groups excluding carboxylic acids is 6. The number of imide groups is 1. The molecule has 0 saturated carbocycles. The van der Waals surface area contributed by atoms with Gasteiger partial charge in [0.25, 0.3) is 5.91 Å². The van der Waals surface area contributed by atoms with Crippen molar-refractivity contribution in [3.8, 4) is 22.5 Å². The smallest absolute Gasteiger partial charge is 0.456 e. The summed E-state index contributed by atoms with van der Waals surface area (Å²) in [6.07, 6.45) is -6.65. The summed E-state index contributed by atoms with van der Waals surface area (Å²) in [6, 6.07) is 16.2. The molecule has 2 saturated heterocycles. The average molecular weight is 1310 g/mol. The first-order valence-electron chi connectivity index (χ1n) is 26.8. The monoisotopic (exact) mass is 1300 g/mol. The van der Waals surface area contributed by atoms with Gasteiger partial charge in [-0.3, -0.25) is 51.8 Å². The van der Waals surface area contributed by atoms with E-state index in [1.54, 1.807) is 12.1 Å². The van der Waals surface area contributed by atoms with Gasteiger partial charge in [0.2, 0.25) is 29.0 Å². The number of anilines is 2. The standard InChI is InChI=1S/C52H64N11O21P3S/c1-52(2,25-80-87(77,78)84-86(75,76)79-24-37-44(83-85(72,73)74)43(67)51(82-37)63-27-59-42-46(53)57-26-58-47(42)63)45(68)49(70)55-14-13-39(65)54-16-18-88-38-22-40(66)62(50(38)71)17-15-56-48(69)28-7-8-29(23-64)34(19-28)41-32-11-9-30(60(3)4)20-35(32)81-36-21-31(61(5)6)10-12-33(36)41/h7-12,19-21,23,26-27,37-38,43-45,51,67-68H,13-18,22,24-25H2,1-6H3,(H8-,53,54,55,56,57,58,65,69,70,72,73,74,75,76,77,78)/p+1. The van der Waals surface area contributed by atoms with Crippen LogP contribution in [0.1, 0.15) is 53.6 Å². The Labute approximate surface area is 505 Å². The van der Waals surface area contributed by atoms with Crippen molar-refractivity contribution in [2.45, 2.75) is 62.6 Å². The van der Waals surface area contributed by atoms with E-state index in [0.29, 0.717) is 28.0 Å². The number of benzene rings is 3. The molecule has 0 radical (unpaired) electrons. The number of aldehydes is 1. The second-order valence-electron chi connectivity index (χ2n) is 21.3. The molecular weight excluding hydrogens is 1240 g/mol. The zero-order valence-electron chi connectivity index (χ0n) is 48.0. The van der Waals surface area contributed by atoms with Gasteiger partial charge in [-0.25, -0.2) is 33.2 Å². The number of likely N-dealkylation sites (tertiary alicyclic amines) is 1. The van der Waals surface area contributed by atoms with Crippen LogP contribution in [0.5, 0.6) is 0 Å². The van der Waals surface area contributed by atoms with Crippen molar-refractivity contribution in [3.05, 3.63) is 83.7 Å². The summed E-state index contributed by atoms with van der Waals surface area (Å²) in [4.78, 5) is 132. The number of hydrogen-bond donors (Lipinski definition) is 10. The molecule has 8 rings (SSSR count). The third-order valence-corrected chi connectivity index (χ3v) is 18.4.